The molecule has 42 heavy (non-hydrogen) atoms. The molecule has 0 aromatic heterocycles. The van der Waals surface area contributed by atoms with Crippen molar-refractivity contribution < 1.29 is 38.1 Å². The van der Waals surface area contributed by atoms with Crippen molar-refractivity contribution in [3.05, 3.63) is 59.8 Å². The second kappa shape index (κ2) is 17.2. The van der Waals surface area contributed by atoms with Gasteiger partial charge in [0.2, 0.25) is 0 Å². The lowest BCUT2D eigenvalue weighted by molar-refractivity contribution is -0.154. The molecule has 3 unspecified atom stereocenters. The number of hydrogen-bond acceptors (Lipinski definition) is 8. The van der Waals surface area contributed by atoms with Gasteiger partial charge >= 0.3 is 17.9 Å². The molecule has 0 saturated carbocycles. The number of carbonyl (C=O) groups is 3. The molecular weight excluding hydrogens is 536 g/mol. The van der Waals surface area contributed by atoms with Gasteiger partial charge in [-0.2, -0.15) is 0 Å². The first-order valence-electron chi connectivity index (χ1n) is 15.2. The van der Waals surface area contributed by atoms with E-state index in [-0.39, 0.29) is 49.0 Å². The summed E-state index contributed by atoms with van der Waals surface area (Å²) in [5, 5.41) is 0. The van der Waals surface area contributed by atoms with Gasteiger partial charge in [-0.1, -0.05) is 61.4 Å². The number of cyclic esters (lactones) is 1. The topological polar surface area (TPSA) is 97.4 Å². The first-order chi connectivity index (χ1) is 20.1. The summed E-state index contributed by atoms with van der Waals surface area (Å²) in [6.45, 7) is 6.10. The highest BCUT2D eigenvalue weighted by molar-refractivity contribution is 5.82. The minimum atomic E-state index is -0.474. The molecule has 8 nitrogen and oxygen atoms in total. The zero-order chi connectivity index (χ0) is 30.5. The van der Waals surface area contributed by atoms with Gasteiger partial charge in [-0.15, -0.1) is 0 Å². The number of fused-ring (bicyclic) bond motifs is 4. The fourth-order valence-electron chi connectivity index (χ4n) is 5.75. The minimum absolute atomic E-state index is 0.0552. The van der Waals surface area contributed by atoms with Crippen molar-refractivity contribution in [2.45, 2.75) is 109 Å². The molecule has 0 amide bonds. The van der Waals surface area contributed by atoms with Crippen LogP contribution in [0.2, 0.25) is 0 Å². The molecule has 0 spiro atoms. The number of hydrogen-bond donors (Lipinski definition) is 0. The fourth-order valence-corrected chi connectivity index (χ4v) is 5.75. The van der Waals surface area contributed by atoms with Crippen molar-refractivity contribution in [2.75, 3.05) is 14.2 Å². The summed E-state index contributed by atoms with van der Waals surface area (Å²) in [6, 6.07) is 0. The van der Waals surface area contributed by atoms with Gasteiger partial charge in [0, 0.05) is 18.4 Å². The summed E-state index contributed by atoms with van der Waals surface area (Å²) >= 11 is 0. The number of ether oxygens (including phenoxy) is 5. The van der Waals surface area contributed by atoms with Gasteiger partial charge in [0.05, 0.1) is 51.5 Å². The van der Waals surface area contributed by atoms with Gasteiger partial charge in [0.15, 0.2) is 0 Å². The Morgan fingerprint density at radius 1 is 0.905 bits per heavy atom. The van der Waals surface area contributed by atoms with Crippen LogP contribution in [0.3, 0.4) is 0 Å². The Balaban J connectivity index is 1.80. The highest BCUT2D eigenvalue weighted by Gasteiger charge is 2.33. The van der Waals surface area contributed by atoms with Crippen molar-refractivity contribution in [1.82, 2.24) is 0 Å². The predicted octanol–water partition coefficient (Wildman–Crippen LogP) is 6.12. The smallest absolute Gasteiger partial charge is 0.330 e. The summed E-state index contributed by atoms with van der Waals surface area (Å²) < 4.78 is 28.5. The highest BCUT2D eigenvalue weighted by atomic mass is 16.6. The monoisotopic (exact) mass is 584 g/mol. The summed E-state index contributed by atoms with van der Waals surface area (Å²) in [4.78, 5) is 36.7. The van der Waals surface area contributed by atoms with Crippen LogP contribution >= 0.6 is 0 Å². The van der Waals surface area contributed by atoms with Crippen LogP contribution in [0.15, 0.2) is 59.8 Å². The van der Waals surface area contributed by atoms with Crippen molar-refractivity contribution in [1.29, 1.82) is 0 Å². The summed E-state index contributed by atoms with van der Waals surface area (Å²) in [5.41, 5.74) is 1.80. The number of carbonyl (C=O) groups excluding carboxylic acids is 3. The van der Waals surface area contributed by atoms with E-state index in [2.05, 4.69) is 19.1 Å². The van der Waals surface area contributed by atoms with Crippen LogP contribution in [0.5, 0.6) is 0 Å². The van der Waals surface area contributed by atoms with Crippen molar-refractivity contribution in [3.8, 4) is 0 Å². The average Bonchev–Trinajstić information content (AvgIpc) is 2.94. The molecule has 0 radical (unpaired) electrons. The normalized spacial score (nSPS) is 33.4. The molecule has 3 aliphatic rings. The third-order valence-corrected chi connectivity index (χ3v) is 7.96. The Morgan fingerprint density at radius 3 is 2.36 bits per heavy atom. The molecule has 3 aliphatic heterocycles. The second-order valence-electron chi connectivity index (χ2n) is 11.8. The Labute approximate surface area is 250 Å². The number of methoxy groups -OCH3 is 2. The van der Waals surface area contributed by atoms with Gasteiger partial charge < -0.3 is 23.7 Å². The van der Waals surface area contributed by atoms with E-state index in [0.717, 1.165) is 43.3 Å². The Bertz CT molecular complexity index is 1070. The van der Waals surface area contributed by atoms with Crippen LogP contribution in [-0.2, 0) is 38.1 Å². The maximum atomic E-state index is 13.2. The maximum Gasteiger partial charge on any atom is 0.330 e. The van der Waals surface area contributed by atoms with E-state index in [1.54, 1.807) is 0 Å². The fraction of sp³-hybridized carbons (Fsp3) is 0.618. The summed E-state index contributed by atoms with van der Waals surface area (Å²) in [6.07, 6.45) is 20.7. The molecule has 3 heterocycles. The lowest BCUT2D eigenvalue weighted by Gasteiger charge is -2.37. The molecule has 232 valence electrons. The molecule has 2 saturated heterocycles. The SMILES string of the molecule is COC(=O)/C=C1\CC2CC(=O)O[C@H](/C=C/C=C\C=C(/C)CC(=O)OC)[C@H](C)/C=C/C(C)CC3CCC[C@H](C[C@H](C1)O2)O3. The van der Waals surface area contributed by atoms with Crippen LogP contribution in [-0.4, -0.2) is 62.6 Å². The summed E-state index contributed by atoms with van der Waals surface area (Å²) in [7, 11) is 2.74. The van der Waals surface area contributed by atoms with E-state index in [1.807, 2.05) is 44.2 Å². The van der Waals surface area contributed by atoms with Crippen LogP contribution in [0.4, 0.5) is 0 Å². The van der Waals surface area contributed by atoms with E-state index in [0.29, 0.717) is 18.8 Å². The number of rotatable bonds is 6. The Kier molecular flexibility index (Phi) is 13.7. The highest BCUT2D eigenvalue weighted by Crippen LogP contribution is 2.33. The molecule has 3 rings (SSSR count). The molecule has 2 fully saturated rings. The average molecular weight is 585 g/mol. The van der Waals surface area contributed by atoms with Crippen molar-refractivity contribution >= 4 is 17.9 Å². The van der Waals surface area contributed by atoms with Crippen LogP contribution in [0.25, 0.3) is 0 Å². The minimum Gasteiger partial charge on any atom is -0.469 e. The standard InChI is InChI=1S/C34H48O8/c1-23(17-32(35)38-4)10-7-6-8-13-31-25(3)15-14-24(2)16-27-11-9-12-28(40-27)21-29-18-26(20-33(36)39-5)19-30(41-29)22-34(37)42-31/h6-8,10,13-15,20,24-25,27-31H,9,11-12,16-19,21-22H2,1-5H3/b7-6-,13-8+,15-14+,23-10+,26-20-/t24?,25-,27?,28-,29+,30?,31-/m1/s1. The first-order valence-corrected chi connectivity index (χ1v) is 15.2. The van der Waals surface area contributed by atoms with Gasteiger partial charge in [-0.05, 0) is 57.4 Å². The zero-order valence-corrected chi connectivity index (χ0v) is 25.8. The second-order valence-corrected chi connectivity index (χ2v) is 11.8. The molecule has 7 atom stereocenters. The van der Waals surface area contributed by atoms with E-state index in [4.69, 9.17) is 23.7 Å². The molecule has 0 aromatic carbocycles. The van der Waals surface area contributed by atoms with E-state index >= 15 is 0 Å². The lowest BCUT2D eigenvalue weighted by atomic mass is 9.89. The third-order valence-electron chi connectivity index (χ3n) is 7.96. The number of esters is 3. The van der Waals surface area contributed by atoms with E-state index < -0.39 is 18.2 Å². The largest absolute Gasteiger partial charge is 0.469 e. The molecule has 0 aromatic rings. The molecule has 0 aliphatic carbocycles. The van der Waals surface area contributed by atoms with Gasteiger partial charge in [-0.25, -0.2) is 4.79 Å². The maximum absolute atomic E-state index is 13.2. The Hall–Kier alpha value is -2.97. The van der Waals surface area contributed by atoms with Crippen LogP contribution < -0.4 is 0 Å². The molecule has 8 heteroatoms. The summed E-state index contributed by atoms with van der Waals surface area (Å²) in [5.74, 6) is -0.764. The molecule has 0 N–H and O–H groups in total. The lowest BCUT2D eigenvalue weighted by Crippen LogP contribution is -2.37. The van der Waals surface area contributed by atoms with Gasteiger partial charge in [0.25, 0.3) is 0 Å². The number of allylic oxidation sites excluding steroid dienone is 5. The molecule has 4 bridgehead atoms. The zero-order valence-electron chi connectivity index (χ0n) is 25.8. The first kappa shape index (κ1) is 33.5. The van der Waals surface area contributed by atoms with Gasteiger partial charge in [-0.3, -0.25) is 9.59 Å². The molecular formula is C34H48O8. The van der Waals surface area contributed by atoms with Gasteiger partial charge in [0.1, 0.15) is 6.10 Å². The van der Waals surface area contributed by atoms with Crippen LogP contribution in [0, 0.1) is 11.8 Å². The van der Waals surface area contributed by atoms with Crippen LogP contribution in [0.1, 0.15) is 78.6 Å². The van der Waals surface area contributed by atoms with E-state index in [1.165, 1.54) is 20.3 Å². The van der Waals surface area contributed by atoms with E-state index in [9.17, 15) is 14.4 Å². The van der Waals surface area contributed by atoms with Crippen molar-refractivity contribution in [3.63, 3.8) is 0 Å². The predicted molar refractivity (Wildman–Crippen MR) is 160 cm³/mol. The Morgan fingerprint density at radius 2 is 1.62 bits per heavy atom. The quantitative estimate of drug-likeness (QED) is 0.121. The third kappa shape index (κ3) is 11.7. The van der Waals surface area contributed by atoms with Crippen molar-refractivity contribution in [2.24, 2.45) is 11.8 Å².